The Kier molecular flexibility index (Phi) is 2.51. The topological polar surface area (TPSA) is 45.8 Å². The van der Waals surface area contributed by atoms with Gasteiger partial charge in [-0.05, 0) is 25.8 Å². The SMILES string of the molecule is Cc1[nH]ncc1-c1ccc(C(=O)C2CC2)cc1F. The largest absolute Gasteiger partial charge is 0.294 e. The first-order chi connectivity index (χ1) is 8.66. The van der Waals surface area contributed by atoms with Crippen LogP contribution in [0.1, 0.15) is 28.9 Å². The van der Waals surface area contributed by atoms with E-state index in [0.717, 1.165) is 24.1 Å². The number of nitrogens with one attached hydrogen (secondary N) is 1. The standard InChI is InChI=1S/C14H13FN2O/c1-8-12(7-16-17-8)11-5-4-10(6-13(11)15)14(18)9-2-3-9/h4-7,9H,2-3H2,1H3,(H,16,17). The molecule has 0 saturated heterocycles. The Morgan fingerprint density at radius 1 is 1.39 bits per heavy atom. The highest BCUT2D eigenvalue weighted by Crippen LogP contribution is 2.33. The molecule has 0 unspecified atom stereocenters. The van der Waals surface area contributed by atoms with Crippen LogP contribution in [0.4, 0.5) is 4.39 Å². The van der Waals surface area contributed by atoms with Gasteiger partial charge in [-0.25, -0.2) is 4.39 Å². The zero-order valence-electron chi connectivity index (χ0n) is 10.0. The van der Waals surface area contributed by atoms with Crippen molar-refractivity contribution >= 4 is 5.78 Å². The van der Waals surface area contributed by atoms with E-state index in [1.54, 1.807) is 18.3 Å². The van der Waals surface area contributed by atoms with Crippen molar-refractivity contribution < 1.29 is 9.18 Å². The third kappa shape index (κ3) is 1.83. The van der Waals surface area contributed by atoms with Gasteiger partial charge in [0.15, 0.2) is 5.78 Å². The van der Waals surface area contributed by atoms with Crippen molar-refractivity contribution in [2.75, 3.05) is 0 Å². The summed E-state index contributed by atoms with van der Waals surface area (Å²) in [7, 11) is 0. The molecular weight excluding hydrogens is 231 g/mol. The number of hydrogen-bond donors (Lipinski definition) is 1. The summed E-state index contributed by atoms with van der Waals surface area (Å²) >= 11 is 0. The molecule has 2 aromatic rings. The molecule has 1 fully saturated rings. The number of rotatable bonds is 3. The van der Waals surface area contributed by atoms with Gasteiger partial charge in [0.05, 0.1) is 6.20 Å². The second-order valence-electron chi connectivity index (χ2n) is 4.74. The molecule has 1 aliphatic carbocycles. The van der Waals surface area contributed by atoms with E-state index in [1.165, 1.54) is 6.07 Å². The van der Waals surface area contributed by atoms with Crippen molar-refractivity contribution in [1.82, 2.24) is 10.2 Å². The summed E-state index contributed by atoms with van der Waals surface area (Å²) in [4.78, 5) is 11.8. The van der Waals surface area contributed by atoms with E-state index >= 15 is 0 Å². The van der Waals surface area contributed by atoms with E-state index in [9.17, 15) is 9.18 Å². The van der Waals surface area contributed by atoms with Crippen LogP contribution in [0.3, 0.4) is 0 Å². The Labute approximate surface area is 104 Å². The number of hydrogen-bond acceptors (Lipinski definition) is 2. The van der Waals surface area contributed by atoms with Gasteiger partial charge in [-0.15, -0.1) is 0 Å². The van der Waals surface area contributed by atoms with Crippen LogP contribution < -0.4 is 0 Å². The number of Topliss-reactive ketones (excluding diaryl/α,β-unsaturated/α-hetero) is 1. The molecule has 4 heteroatoms. The van der Waals surface area contributed by atoms with Crippen LogP contribution in [0.5, 0.6) is 0 Å². The summed E-state index contributed by atoms with van der Waals surface area (Å²) in [6, 6.07) is 4.69. The zero-order chi connectivity index (χ0) is 12.7. The molecule has 1 saturated carbocycles. The summed E-state index contributed by atoms with van der Waals surface area (Å²) in [5.41, 5.74) is 2.50. The predicted molar refractivity (Wildman–Crippen MR) is 65.8 cm³/mol. The van der Waals surface area contributed by atoms with Crippen LogP contribution >= 0.6 is 0 Å². The Balaban J connectivity index is 1.99. The fourth-order valence-corrected chi connectivity index (χ4v) is 2.09. The van der Waals surface area contributed by atoms with E-state index in [0.29, 0.717) is 11.1 Å². The van der Waals surface area contributed by atoms with Crippen LogP contribution in [0.15, 0.2) is 24.4 Å². The number of carbonyl (C=O) groups is 1. The number of nitrogens with zero attached hydrogens (tertiary/aromatic N) is 1. The maximum Gasteiger partial charge on any atom is 0.166 e. The molecule has 3 rings (SSSR count). The van der Waals surface area contributed by atoms with Gasteiger partial charge >= 0.3 is 0 Å². The fraction of sp³-hybridized carbons (Fsp3) is 0.286. The number of ketones is 1. The minimum Gasteiger partial charge on any atom is -0.294 e. The normalized spacial score (nSPS) is 14.8. The highest BCUT2D eigenvalue weighted by Gasteiger charge is 2.30. The lowest BCUT2D eigenvalue weighted by molar-refractivity contribution is 0.0967. The molecule has 1 aromatic heterocycles. The molecule has 1 aliphatic rings. The molecule has 0 spiro atoms. The molecule has 0 amide bonds. The third-order valence-corrected chi connectivity index (χ3v) is 3.32. The molecule has 0 bridgehead atoms. The predicted octanol–water partition coefficient (Wildman–Crippen LogP) is 3.12. The van der Waals surface area contributed by atoms with Crippen molar-refractivity contribution in [1.29, 1.82) is 0 Å². The average Bonchev–Trinajstić information content (AvgIpc) is 3.12. The minimum absolute atomic E-state index is 0.0596. The Bertz CT molecular complexity index is 614. The molecule has 3 nitrogen and oxygen atoms in total. The molecule has 0 atom stereocenters. The van der Waals surface area contributed by atoms with Gasteiger partial charge in [0, 0.05) is 28.3 Å². The lowest BCUT2D eigenvalue weighted by atomic mass is 10.0. The zero-order valence-corrected chi connectivity index (χ0v) is 10.0. The van der Waals surface area contributed by atoms with Crippen molar-refractivity contribution in [2.24, 2.45) is 5.92 Å². The number of benzene rings is 1. The second kappa shape index (κ2) is 4.05. The lowest BCUT2D eigenvalue weighted by Crippen LogP contribution is -2.02. The number of aromatic amines is 1. The average molecular weight is 244 g/mol. The van der Waals surface area contributed by atoms with Crippen molar-refractivity contribution in [3.05, 3.63) is 41.5 Å². The number of aromatic nitrogens is 2. The van der Waals surface area contributed by atoms with Gasteiger partial charge in [-0.2, -0.15) is 5.10 Å². The quantitative estimate of drug-likeness (QED) is 0.843. The van der Waals surface area contributed by atoms with E-state index in [4.69, 9.17) is 0 Å². The van der Waals surface area contributed by atoms with Crippen molar-refractivity contribution in [2.45, 2.75) is 19.8 Å². The van der Waals surface area contributed by atoms with E-state index in [1.807, 2.05) is 6.92 Å². The van der Waals surface area contributed by atoms with E-state index in [-0.39, 0.29) is 17.5 Å². The molecule has 1 aromatic carbocycles. The van der Waals surface area contributed by atoms with Crippen LogP contribution in [-0.2, 0) is 0 Å². The number of H-pyrrole nitrogens is 1. The Morgan fingerprint density at radius 2 is 2.17 bits per heavy atom. The third-order valence-electron chi connectivity index (χ3n) is 3.32. The fourth-order valence-electron chi connectivity index (χ4n) is 2.09. The van der Waals surface area contributed by atoms with Gasteiger partial charge in [0.25, 0.3) is 0 Å². The molecule has 92 valence electrons. The monoisotopic (exact) mass is 244 g/mol. The Hall–Kier alpha value is -1.97. The second-order valence-corrected chi connectivity index (χ2v) is 4.74. The smallest absolute Gasteiger partial charge is 0.166 e. The van der Waals surface area contributed by atoms with Crippen LogP contribution in [-0.4, -0.2) is 16.0 Å². The number of carbonyl (C=O) groups excluding carboxylic acids is 1. The molecular formula is C14H13FN2O. The highest BCUT2D eigenvalue weighted by molar-refractivity contribution is 5.99. The number of aryl methyl sites for hydroxylation is 1. The van der Waals surface area contributed by atoms with Crippen LogP contribution in [0.2, 0.25) is 0 Å². The maximum absolute atomic E-state index is 14.0. The molecule has 0 aliphatic heterocycles. The summed E-state index contributed by atoms with van der Waals surface area (Å²) in [6.07, 6.45) is 3.46. The first-order valence-electron chi connectivity index (χ1n) is 6.01. The van der Waals surface area contributed by atoms with Crippen LogP contribution in [0.25, 0.3) is 11.1 Å². The van der Waals surface area contributed by atoms with E-state index in [2.05, 4.69) is 10.2 Å². The van der Waals surface area contributed by atoms with Crippen molar-refractivity contribution in [3.8, 4) is 11.1 Å². The van der Waals surface area contributed by atoms with Crippen molar-refractivity contribution in [3.63, 3.8) is 0 Å². The van der Waals surface area contributed by atoms with Gasteiger partial charge in [-0.1, -0.05) is 12.1 Å². The van der Waals surface area contributed by atoms with Gasteiger partial charge < -0.3 is 0 Å². The first kappa shape index (κ1) is 11.1. The molecule has 0 radical (unpaired) electrons. The summed E-state index contributed by atoms with van der Waals surface area (Å²) in [5, 5.41) is 6.65. The van der Waals surface area contributed by atoms with Gasteiger partial charge in [0.1, 0.15) is 5.82 Å². The van der Waals surface area contributed by atoms with Crippen LogP contribution in [0, 0.1) is 18.7 Å². The van der Waals surface area contributed by atoms with Gasteiger partial charge in [-0.3, -0.25) is 9.89 Å². The molecule has 1 N–H and O–H groups in total. The maximum atomic E-state index is 14.0. The molecule has 1 heterocycles. The number of halogens is 1. The summed E-state index contributed by atoms with van der Waals surface area (Å²) < 4.78 is 14.0. The summed E-state index contributed by atoms with van der Waals surface area (Å²) in [6.45, 7) is 1.84. The first-order valence-corrected chi connectivity index (χ1v) is 6.01. The summed E-state index contributed by atoms with van der Waals surface area (Å²) in [5.74, 6) is -0.193. The van der Waals surface area contributed by atoms with Gasteiger partial charge in [0.2, 0.25) is 0 Å². The van der Waals surface area contributed by atoms with E-state index < -0.39 is 0 Å². The highest BCUT2D eigenvalue weighted by atomic mass is 19.1. The molecule has 18 heavy (non-hydrogen) atoms. The lowest BCUT2D eigenvalue weighted by Gasteiger charge is -2.04. The Morgan fingerprint density at radius 3 is 2.72 bits per heavy atom. The minimum atomic E-state index is -0.369.